The van der Waals surface area contributed by atoms with Crippen molar-refractivity contribution in [2.75, 3.05) is 0 Å². The molecule has 0 atom stereocenters. The molecule has 0 aliphatic heterocycles. The lowest BCUT2D eigenvalue weighted by atomic mass is 9.95. The summed E-state index contributed by atoms with van der Waals surface area (Å²) >= 11 is 1.74. The van der Waals surface area contributed by atoms with Gasteiger partial charge in [-0.1, -0.05) is 49.2 Å². The predicted octanol–water partition coefficient (Wildman–Crippen LogP) is 4.35. The molecule has 3 heteroatoms. The van der Waals surface area contributed by atoms with Crippen LogP contribution in [0.5, 0.6) is 0 Å². The molecule has 0 bridgehead atoms. The summed E-state index contributed by atoms with van der Waals surface area (Å²) in [4.78, 5) is 13.6. The van der Waals surface area contributed by atoms with Crippen LogP contribution < -0.4 is 5.32 Å². The lowest BCUT2D eigenvalue weighted by molar-refractivity contribution is -0.118. The van der Waals surface area contributed by atoms with Crippen LogP contribution in [0.4, 0.5) is 0 Å². The Morgan fingerprint density at radius 1 is 1.10 bits per heavy atom. The molecular formula is C18H19NOS. The molecule has 1 fully saturated rings. The molecule has 0 saturated heterocycles. The van der Waals surface area contributed by atoms with Gasteiger partial charge in [-0.2, -0.15) is 0 Å². The van der Waals surface area contributed by atoms with Crippen LogP contribution in [0.2, 0.25) is 0 Å². The Balaban J connectivity index is 1.72. The lowest BCUT2D eigenvalue weighted by Gasteiger charge is -2.28. The molecule has 1 aliphatic rings. The molecule has 2 nitrogen and oxygen atoms in total. The summed E-state index contributed by atoms with van der Waals surface area (Å²) in [5.74, 6) is -0.00541. The van der Waals surface area contributed by atoms with E-state index < -0.39 is 0 Å². The Hall–Kier alpha value is -1.87. The quantitative estimate of drug-likeness (QED) is 0.835. The molecule has 3 rings (SSSR count). The number of rotatable bonds is 4. The van der Waals surface area contributed by atoms with Gasteiger partial charge >= 0.3 is 0 Å². The number of benzene rings is 1. The molecular weight excluding hydrogens is 278 g/mol. The molecule has 1 aliphatic carbocycles. The number of thiophene rings is 1. The monoisotopic (exact) mass is 297 g/mol. The van der Waals surface area contributed by atoms with Gasteiger partial charge < -0.3 is 5.32 Å². The predicted molar refractivity (Wildman–Crippen MR) is 88.1 cm³/mol. The number of carbonyl (C=O) groups excluding carboxylic acids is 1. The van der Waals surface area contributed by atoms with E-state index in [1.807, 2.05) is 36.4 Å². The van der Waals surface area contributed by atoms with Gasteiger partial charge in [-0.05, 0) is 35.9 Å². The summed E-state index contributed by atoms with van der Waals surface area (Å²) in [6.07, 6.45) is 7.95. The minimum Gasteiger partial charge on any atom is -0.342 e. The van der Waals surface area contributed by atoms with E-state index in [9.17, 15) is 4.79 Å². The van der Waals surface area contributed by atoms with Crippen molar-refractivity contribution in [1.29, 1.82) is 0 Å². The summed E-state index contributed by atoms with van der Waals surface area (Å²) in [6, 6.07) is 14.1. The fourth-order valence-corrected chi connectivity index (χ4v) is 3.92. The van der Waals surface area contributed by atoms with Crippen molar-refractivity contribution in [3.05, 3.63) is 64.4 Å². The highest BCUT2D eigenvalue weighted by Crippen LogP contribution is 2.40. The van der Waals surface area contributed by atoms with Crippen LogP contribution in [0.15, 0.2) is 53.9 Å². The first kappa shape index (κ1) is 14.1. The van der Waals surface area contributed by atoms with Crippen LogP contribution in [-0.4, -0.2) is 5.91 Å². The molecule has 2 aromatic rings. The molecule has 1 aromatic heterocycles. The lowest BCUT2D eigenvalue weighted by Crippen LogP contribution is -2.42. The van der Waals surface area contributed by atoms with Crippen LogP contribution in [0.25, 0.3) is 6.08 Å². The van der Waals surface area contributed by atoms with Gasteiger partial charge in [0.1, 0.15) is 0 Å². The smallest absolute Gasteiger partial charge is 0.244 e. The maximum atomic E-state index is 12.3. The van der Waals surface area contributed by atoms with Crippen LogP contribution in [-0.2, 0) is 10.3 Å². The summed E-state index contributed by atoms with van der Waals surface area (Å²) < 4.78 is 0. The molecule has 1 N–H and O–H groups in total. The minimum atomic E-state index is -0.147. The third-order valence-corrected chi connectivity index (χ3v) is 5.11. The first-order chi connectivity index (χ1) is 10.3. The Labute approximate surface area is 129 Å². The van der Waals surface area contributed by atoms with Crippen LogP contribution >= 0.6 is 11.3 Å². The van der Waals surface area contributed by atoms with E-state index in [-0.39, 0.29) is 11.4 Å². The average molecular weight is 297 g/mol. The van der Waals surface area contributed by atoms with E-state index >= 15 is 0 Å². The number of amides is 1. The summed E-state index contributed by atoms with van der Waals surface area (Å²) in [5.41, 5.74) is 0.899. The van der Waals surface area contributed by atoms with Gasteiger partial charge in [-0.3, -0.25) is 4.79 Å². The highest BCUT2D eigenvalue weighted by atomic mass is 32.1. The van der Waals surface area contributed by atoms with Gasteiger partial charge in [0.05, 0.1) is 5.54 Å². The first-order valence-corrected chi connectivity index (χ1v) is 8.26. The second kappa shape index (κ2) is 6.27. The normalized spacial score (nSPS) is 17.1. The topological polar surface area (TPSA) is 29.1 Å². The molecule has 108 valence electrons. The number of carbonyl (C=O) groups is 1. The van der Waals surface area contributed by atoms with Gasteiger partial charge in [-0.15, -0.1) is 11.3 Å². The Morgan fingerprint density at radius 3 is 2.52 bits per heavy atom. The maximum Gasteiger partial charge on any atom is 0.244 e. The van der Waals surface area contributed by atoms with Crippen LogP contribution in [0.3, 0.4) is 0 Å². The van der Waals surface area contributed by atoms with E-state index in [0.717, 1.165) is 18.4 Å². The van der Waals surface area contributed by atoms with Gasteiger partial charge in [-0.25, -0.2) is 0 Å². The molecule has 0 spiro atoms. The van der Waals surface area contributed by atoms with E-state index in [0.29, 0.717) is 0 Å². The average Bonchev–Trinajstić information content (AvgIpc) is 3.18. The molecule has 0 unspecified atom stereocenters. The molecule has 1 aromatic carbocycles. The van der Waals surface area contributed by atoms with Crippen molar-refractivity contribution < 1.29 is 4.79 Å². The zero-order chi connectivity index (χ0) is 14.5. The largest absolute Gasteiger partial charge is 0.342 e. The van der Waals surface area contributed by atoms with E-state index in [2.05, 4.69) is 22.8 Å². The Bertz CT molecular complexity index is 610. The highest BCUT2D eigenvalue weighted by Gasteiger charge is 2.37. The standard InChI is InChI=1S/C18H19NOS/c20-17(11-10-15-7-2-1-3-8-15)19-18(12-4-5-13-18)16-9-6-14-21-16/h1-3,6-11,14H,4-5,12-13H2,(H,19,20). The van der Waals surface area contributed by atoms with E-state index in [4.69, 9.17) is 0 Å². The number of nitrogens with one attached hydrogen (secondary N) is 1. The molecule has 0 radical (unpaired) electrons. The maximum absolute atomic E-state index is 12.3. The molecule has 1 saturated carbocycles. The second-order valence-electron chi connectivity index (χ2n) is 5.50. The SMILES string of the molecule is O=C(C=Cc1ccccc1)NC1(c2cccs2)CCCC1. The Morgan fingerprint density at radius 2 is 1.86 bits per heavy atom. The fourth-order valence-electron chi connectivity index (χ4n) is 2.98. The van der Waals surface area contributed by atoms with Gasteiger partial charge in [0.25, 0.3) is 0 Å². The summed E-state index contributed by atoms with van der Waals surface area (Å²) in [6.45, 7) is 0. The number of hydrogen-bond donors (Lipinski definition) is 1. The third-order valence-electron chi connectivity index (χ3n) is 4.04. The zero-order valence-corrected chi connectivity index (χ0v) is 12.7. The first-order valence-electron chi connectivity index (χ1n) is 7.38. The molecule has 1 heterocycles. The second-order valence-corrected chi connectivity index (χ2v) is 6.45. The number of hydrogen-bond acceptors (Lipinski definition) is 2. The Kier molecular flexibility index (Phi) is 4.20. The van der Waals surface area contributed by atoms with Crippen LogP contribution in [0, 0.1) is 0 Å². The molecule has 21 heavy (non-hydrogen) atoms. The summed E-state index contributed by atoms with van der Waals surface area (Å²) in [5, 5.41) is 5.33. The van der Waals surface area contributed by atoms with Gasteiger partial charge in [0, 0.05) is 11.0 Å². The van der Waals surface area contributed by atoms with Crippen molar-refractivity contribution >= 4 is 23.3 Å². The summed E-state index contributed by atoms with van der Waals surface area (Å²) in [7, 11) is 0. The van der Waals surface area contributed by atoms with Crippen molar-refractivity contribution in [3.8, 4) is 0 Å². The third kappa shape index (κ3) is 3.24. The van der Waals surface area contributed by atoms with Crippen LogP contribution in [0.1, 0.15) is 36.1 Å². The van der Waals surface area contributed by atoms with Crippen molar-refractivity contribution in [1.82, 2.24) is 5.32 Å². The van der Waals surface area contributed by atoms with E-state index in [1.165, 1.54) is 17.7 Å². The minimum absolute atomic E-state index is 0.00541. The fraction of sp³-hybridized carbons (Fsp3) is 0.278. The van der Waals surface area contributed by atoms with Crippen molar-refractivity contribution in [2.24, 2.45) is 0 Å². The molecule has 1 amide bonds. The van der Waals surface area contributed by atoms with E-state index in [1.54, 1.807) is 17.4 Å². The zero-order valence-electron chi connectivity index (χ0n) is 11.9. The van der Waals surface area contributed by atoms with Crippen molar-refractivity contribution in [3.63, 3.8) is 0 Å². The highest BCUT2D eigenvalue weighted by molar-refractivity contribution is 7.10. The van der Waals surface area contributed by atoms with Gasteiger partial charge in [0.15, 0.2) is 0 Å². The van der Waals surface area contributed by atoms with Crippen molar-refractivity contribution in [2.45, 2.75) is 31.2 Å². The van der Waals surface area contributed by atoms with Gasteiger partial charge in [0.2, 0.25) is 5.91 Å².